The minimum atomic E-state index is -0.358. The van der Waals surface area contributed by atoms with E-state index in [9.17, 15) is 4.79 Å². The monoisotopic (exact) mass is 278 g/mol. The van der Waals surface area contributed by atoms with Gasteiger partial charge in [0.15, 0.2) is 0 Å². The molecule has 0 aromatic heterocycles. The van der Waals surface area contributed by atoms with Crippen molar-refractivity contribution in [2.24, 2.45) is 0 Å². The lowest BCUT2D eigenvalue weighted by Gasteiger charge is -2.13. The van der Waals surface area contributed by atoms with E-state index in [4.69, 9.17) is 9.47 Å². The minimum absolute atomic E-state index is 0.358. The molecule has 3 nitrogen and oxygen atoms in total. The maximum Gasteiger partial charge on any atom is 0.308 e. The van der Waals surface area contributed by atoms with E-state index < -0.39 is 0 Å². The summed E-state index contributed by atoms with van der Waals surface area (Å²) >= 11 is 0. The van der Waals surface area contributed by atoms with Gasteiger partial charge in [-0.15, -0.1) is 0 Å². The quantitative estimate of drug-likeness (QED) is 0.778. The predicted molar refractivity (Wildman–Crippen MR) is 81.2 cm³/mol. The van der Waals surface area contributed by atoms with E-state index in [1.165, 1.54) is 6.92 Å². The molecule has 0 saturated heterocycles. The van der Waals surface area contributed by atoms with Crippen LogP contribution in [0.4, 0.5) is 0 Å². The van der Waals surface area contributed by atoms with E-state index in [1.54, 1.807) is 6.26 Å². The van der Waals surface area contributed by atoms with Gasteiger partial charge in [-0.1, -0.05) is 42.5 Å². The lowest BCUT2D eigenvalue weighted by Crippen LogP contribution is -2.01. The third kappa shape index (κ3) is 2.72. The summed E-state index contributed by atoms with van der Waals surface area (Å²) in [5, 5.41) is 0. The molecule has 2 aromatic carbocycles. The van der Waals surface area contributed by atoms with Crippen LogP contribution in [0, 0.1) is 0 Å². The van der Waals surface area contributed by atoms with Crippen molar-refractivity contribution in [3.63, 3.8) is 0 Å². The molecule has 0 bridgehead atoms. The van der Waals surface area contributed by atoms with Gasteiger partial charge < -0.3 is 9.47 Å². The number of esters is 1. The molecule has 1 aliphatic rings. The summed E-state index contributed by atoms with van der Waals surface area (Å²) < 4.78 is 11.1. The molecule has 1 heterocycles. The van der Waals surface area contributed by atoms with Gasteiger partial charge in [0.25, 0.3) is 0 Å². The fraction of sp³-hybridized carbons (Fsp3) is 0.0556. The Balaban J connectivity index is 2.24. The Morgan fingerprint density at radius 3 is 2.48 bits per heavy atom. The van der Waals surface area contributed by atoms with Crippen LogP contribution in [-0.2, 0) is 9.53 Å². The molecule has 21 heavy (non-hydrogen) atoms. The van der Waals surface area contributed by atoms with Crippen molar-refractivity contribution in [2.75, 3.05) is 0 Å². The number of rotatable bonds is 2. The topological polar surface area (TPSA) is 35.5 Å². The molecule has 0 fully saturated rings. The van der Waals surface area contributed by atoms with Gasteiger partial charge in [-0.3, -0.25) is 4.79 Å². The summed E-state index contributed by atoms with van der Waals surface area (Å²) in [5.41, 5.74) is 2.54. The molecule has 0 atom stereocenters. The number of allylic oxidation sites excluding steroid dienone is 2. The number of carbonyl (C=O) groups excluding carboxylic acids is 1. The normalized spacial score (nSPS) is 13.2. The number of hydrogen-bond acceptors (Lipinski definition) is 3. The molecule has 0 saturated carbocycles. The molecule has 0 spiro atoms. The molecule has 104 valence electrons. The average Bonchev–Trinajstić information content (AvgIpc) is 2.68. The maximum atomic E-state index is 11.5. The van der Waals surface area contributed by atoms with E-state index in [1.807, 2.05) is 60.7 Å². The summed E-state index contributed by atoms with van der Waals surface area (Å²) in [6, 6.07) is 17.3. The predicted octanol–water partition coefficient (Wildman–Crippen LogP) is 4.02. The molecule has 0 N–H and O–H groups in total. The molecule has 0 amide bonds. The van der Waals surface area contributed by atoms with Gasteiger partial charge >= 0.3 is 5.97 Å². The summed E-state index contributed by atoms with van der Waals surface area (Å²) in [7, 11) is 0. The number of fused-ring (bicyclic) bond motifs is 1. The van der Waals surface area contributed by atoms with Crippen molar-refractivity contribution >= 4 is 17.3 Å². The van der Waals surface area contributed by atoms with Crippen LogP contribution in [0.2, 0.25) is 0 Å². The fourth-order valence-electron chi connectivity index (χ4n) is 2.25. The Kier molecular flexibility index (Phi) is 3.56. The van der Waals surface area contributed by atoms with Crippen LogP contribution >= 0.6 is 0 Å². The highest BCUT2D eigenvalue weighted by Gasteiger charge is 2.19. The van der Waals surface area contributed by atoms with Gasteiger partial charge in [0.2, 0.25) is 0 Å². The first kappa shape index (κ1) is 13.2. The molecule has 0 aliphatic carbocycles. The van der Waals surface area contributed by atoms with Crippen LogP contribution < -0.4 is 4.74 Å². The Morgan fingerprint density at radius 2 is 1.71 bits per heavy atom. The average molecular weight is 278 g/mol. The van der Waals surface area contributed by atoms with Crippen molar-refractivity contribution in [1.82, 2.24) is 0 Å². The number of ether oxygens (including phenoxy) is 2. The smallest absolute Gasteiger partial charge is 0.308 e. The van der Waals surface area contributed by atoms with Gasteiger partial charge in [-0.2, -0.15) is 0 Å². The summed E-state index contributed by atoms with van der Waals surface area (Å²) in [6.45, 7) is 1.40. The highest BCUT2D eigenvalue weighted by molar-refractivity contribution is 5.97. The fourth-order valence-corrected chi connectivity index (χ4v) is 2.25. The van der Waals surface area contributed by atoms with E-state index in [-0.39, 0.29) is 5.97 Å². The highest BCUT2D eigenvalue weighted by atomic mass is 16.5. The van der Waals surface area contributed by atoms with Crippen LogP contribution in [0.1, 0.15) is 18.1 Å². The second kappa shape index (κ2) is 5.67. The lowest BCUT2D eigenvalue weighted by molar-refractivity contribution is -0.134. The number of benzene rings is 2. The third-order valence-corrected chi connectivity index (χ3v) is 3.14. The van der Waals surface area contributed by atoms with Gasteiger partial charge in [0.05, 0.1) is 11.8 Å². The molecular formula is C18H14O3. The van der Waals surface area contributed by atoms with Gasteiger partial charge in [0, 0.05) is 12.5 Å². The van der Waals surface area contributed by atoms with Crippen molar-refractivity contribution in [3.05, 3.63) is 78.1 Å². The number of carbonyl (C=O) groups is 1. The second-order valence-corrected chi connectivity index (χ2v) is 4.62. The van der Waals surface area contributed by atoms with E-state index in [2.05, 4.69) is 0 Å². The Bertz CT molecular complexity index is 727. The molecule has 1 aliphatic heterocycles. The van der Waals surface area contributed by atoms with E-state index in [0.717, 1.165) is 16.7 Å². The van der Waals surface area contributed by atoms with Crippen LogP contribution in [-0.4, -0.2) is 5.97 Å². The Labute approximate surface area is 123 Å². The first-order chi connectivity index (χ1) is 10.3. The van der Waals surface area contributed by atoms with Crippen molar-refractivity contribution in [3.8, 4) is 5.75 Å². The second-order valence-electron chi connectivity index (χ2n) is 4.62. The summed E-state index contributed by atoms with van der Waals surface area (Å²) in [6.07, 6.45) is 3.42. The largest absolute Gasteiger partial charge is 0.464 e. The SMILES string of the molecule is CC(=O)OC1=C(c2ccccc2)C=COc2ccccc21. The Hall–Kier alpha value is -2.81. The lowest BCUT2D eigenvalue weighted by atomic mass is 10.0. The molecule has 0 radical (unpaired) electrons. The highest BCUT2D eigenvalue weighted by Crippen LogP contribution is 2.36. The first-order valence-corrected chi connectivity index (χ1v) is 6.66. The van der Waals surface area contributed by atoms with Crippen molar-refractivity contribution in [2.45, 2.75) is 6.92 Å². The zero-order valence-corrected chi connectivity index (χ0v) is 11.6. The Morgan fingerprint density at radius 1 is 1.00 bits per heavy atom. The van der Waals surface area contributed by atoms with Crippen LogP contribution in [0.5, 0.6) is 5.75 Å². The standard InChI is InChI=1S/C18H14O3/c1-13(19)21-18-15(14-7-3-2-4-8-14)11-12-20-17-10-6-5-9-16(17)18/h2-12H,1H3. The van der Waals surface area contributed by atoms with E-state index in [0.29, 0.717) is 11.5 Å². The first-order valence-electron chi connectivity index (χ1n) is 6.66. The van der Waals surface area contributed by atoms with Gasteiger partial charge in [-0.25, -0.2) is 0 Å². The molecular weight excluding hydrogens is 264 g/mol. The summed E-state index contributed by atoms with van der Waals surface area (Å²) in [4.78, 5) is 11.5. The molecule has 0 unspecified atom stereocenters. The van der Waals surface area contributed by atoms with E-state index >= 15 is 0 Å². The van der Waals surface area contributed by atoms with Crippen LogP contribution in [0.15, 0.2) is 66.9 Å². The van der Waals surface area contributed by atoms with Crippen molar-refractivity contribution < 1.29 is 14.3 Å². The van der Waals surface area contributed by atoms with Crippen LogP contribution in [0.25, 0.3) is 11.3 Å². The third-order valence-electron chi connectivity index (χ3n) is 3.14. The zero-order chi connectivity index (χ0) is 14.7. The molecule has 2 aromatic rings. The summed E-state index contributed by atoms with van der Waals surface area (Å²) in [5.74, 6) is 0.817. The molecule has 3 rings (SSSR count). The van der Waals surface area contributed by atoms with Gasteiger partial charge in [-0.05, 0) is 23.8 Å². The van der Waals surface area contributed by atoms with Gasteiger partial charge in [0.1, 0.15) is 11.5 Å². The van der Waals surface area contributed by atoms with Crippen molar-refractivity contribution in [1.29, 1.82) is 0 Å². The maximum absolute atomic E-state index is 11.5. The minimum Gasteiger partial charge on any atom is -0.464 e. The molecule has 3 heteroatoms. The number of para-hydroxylation sites is 1. The number of hydrogen-bond donors (Lipinski definition) is 0. The van der Waals surface area contributed by atoms with Crippen LogP contribution in [0.3, 0.4) is 0 Å². The zero-order valence-electron chi connectivity index (χ0n) is 11.6.